The fourth-order valence-corrected chi connectivity index (χ4v) is 7.24. The van der Waals surface area contributed by atoms with Crippen LogP contribution in [0.2, 0.25) is 0 Å². The highest BCUT2D eigenvalue weighted by atomic mass is 127. The van der Waals surface area contributed by atoms with E-state index in [4.69, 9.17) is 0 Å². The average Bonchev–Trinajstić information content (AvgIpc) is 2.73. The number of amides is 3. The minimum atomic E-state index is -6.82. The molecule has 20 heteroatoms. The summed E-state index contributed by atoms with van der Waals surface area (Å²) in [6.07, 6.45) is -12.0. The van der Waals surface area contributed by atoms with E-state index in [0.29, 0.717) is 3.57 Å². The van der Waals surface area contributed by atoms with Crippen LogP contribution in [0.3, 0.4) is 0 Å². The van der Waals surface area contributed by atoms with Crippen molar-refractivity contribution in [1.29, 1.82) is 0 Å². The standard InChI is InChI=1S/C18H17F5I3N3O8S/c1-6(30)28-13-10(24)9(11(25)14(12(13)26)29-7(2)31)15(33)27-5-3-4-8(32)37-16(17(19,20)21)18(22,23)38(34,35)36/h16H,3-5H2,1-2H3,(H,27,33)(H,28,30)(H,29,31)(H,34,35,36)/p-1. The van der Waals surface area contributed by atoms with E-state index in [1.54, 1.807) is 45.2 Å². The Morgan fingerprint density at radius 2 is 1.37 bits per heavy atom. The van der Waals surface area contributed by atoms with Crippen LogP contribution in [0.5, 0.6) is 0 Å². The second kappa shape index (κ2) is 13.5. The van der Waals surface area contributed by atoms with Crippen LogP contribution in [-0.2, 0) is 29.2 Å². The molecule has 0 fully saturated rings. The van der Waals surface area contributed by atoms with Crippen molar-refractivity contribution in [3.63, 3.8) is 0 Å². The summed E-state index contributed by atoms with van der Waals surface area (Å²) in [5.41, 5.74) is 0.423. The van der Waals surface area contributed by atoms with Crippen molar-refractivity contribution in [3.8, 4) is 0 Å². The van der Waals surface area contributed by atoms with Gasteiger partial charge in [0.2, 0.25) is 11.8 Å². The van der Waals surface area contributed by atoms with Crippen LogP contribution in [0.1, 0.15) is 37.0 Å². The third-order valence-corrected chi connectivity index (χ3v) is 8.29. The van der Waals surface area contributed by atoms with E-state index < -0.39 is 64.2 Å². The van der Waals surface area contributed by atoms with Gasteiger partial charge < -0.3 is 25.2 Å². The Morgan fingerprint density at radius 3 is 1.74 bits per heavy atom. The van der Waals surface area contributed by atoms with Crippen molar-refractivity contribution in [2.24, 2.45) is 0 Å². The molecule has 0 aliphatic heterocycles. The molecule has 0 saturated carbocycles. The fourth-order valence-electron chi connectivity index (χ4n) is 2.61. The number of hydrogen-bond acceptors (Lipinski definition) is 8. The maximum atomic E-state index is 13.5. The highest BCUT2D eigenvalue weighted by Crippen LogP contribution is 2.39. The number of alkyl halides is 5. The molecule has 3 N–H and O–H groups in total. The van der Waals surface area contributed by atoms with Crippen LogP contribution in [0, 0.1) is 10.7 Å². The summed E-state index contributed by atoms with van der Waals surface area (Å²) >= 11 is 5.40. The van der Waals surface area contributed by atoms with Crippen LogP contribution < -0.4 is 16.0 Å². The van der Waals surface area contributed by atoms with Crippen molar-refractivity contribution in [1.82, 2.24) is 5.32 Å². The summed E-state index contributed by atoms with van der Waals surface area (Å²) in [4.78, 5) is 47.8. The molecule has 1 unspecified atom stereocenters. The highest BCUT2D eigenvalue weighted by molar-refractivity contribution is 14.1. The summed E-state index contributed by atoms with van der Waals surface area (Å²) in [6, 6.07) is 0. The lowest BCUT2D eigenvalue weighted by Crippen LogP contribution is -2.52. The number of anilines is 2. The lowest BCUT2D eigenvalue weighted by atomic mass is 10.1. The Hall–Kier alpha value is -1.15. The van der Waals surface area contributed by atoms with Gasteiger partial charge in [0.1, 0.15) is 0 Å². The molecule has 1 atom stereocenters. The van der Waals surface area contributed by atoms with Gasteiger partial charge in [-0.3, -0.25) is 19.2 Å². The molecule has 0 aliphatic carbocycles. The lowest BCUT2D eigenvalue weighted by molar-refractivity contribution is -0.259. The van der Waals surface area contributed by atoms with Crippen LogP contribution in [0.15, 0.2) is 0 Å². The largest absolute Gasteiger partial charge is 0.743 e. The van der Waals surface area contributed by atoms with Gasteiger partial charge in [0.15, 0.2) is 10.1 Å². The molecule has 0 bridgehead atoms. The van der Waals surface area contributed by atoms with E-state index in [9.17, 15) is 54.1 Å². The number of hydrogen-bond donors (Lipinski definition) is 3. The molecule has 0 aliphatic rings. The number of carbonyl (C=O) groups is 4. The third kappa shape index (κ3) is 8.94. The van der Waals surface area contributed by atoms with Crippen LogP contribution in [0.4, 0.5) is 33.3 Å². The molecule has 0 heterocycles. The van der Waals surface area contributed by atoms with Gasteiger partial charge in [0.05, 0.1) is 27.6 Å². The molecular weight excluding hydrogens is 894 g/mol. The number of benzene rings is 1. The van der Waals surface area contributed by atoms with Gasteiger partial charge in [-0.15, -0.1) is 0 Å². The first-order valence-corrected chi connectivity index (χ1v) is 14.4. The smallest absolute Gasteiger partial charge is 0.432 e. The number of nitrogens with one attached hydrogen (secondary N) is 3. The fraction of sp³-hybridized carbons (Fsp3) is 0.444. The molecule has 3 amide bonds. The molecule has 0 saturated heterocycles. The van der Waals surface area contributed by atoms with Crippen molar-refractivity contribution in [2.45, 2.75) is 44.2 Å². The normalized spacial score (nSPS) is 12.9. The summed E-state index contributed by atoms with van der Waals surface area (Å²) in [6.45, 7) is 2.05. The number of halogens is 8. The summed E-state index contributed by atoms with van der Waals surface area (Å²) in [5, 5.41) is 1.48. The molecule has 1 rings (SSSR count). The Kier molecular flexibility index (Phi) is 12.4. The second-order valence-electron chi connectivity index (χ2n) is 7.22. The van der Waals surface area contributed by atoms with Gasteiger partial charge in [0, 0.05) is 26.8 Å². The van der Waals surface area contributed by atoms with Gasteiger partial charge in [-0.05, 0) is 74.2 Å². The van der Waals surface area contributed by atoms with Crippen LogP contribution in [-0.4, -0.2) is 60.7 Å². The molecule has 1 aromatic carbocycles. The monoisotopic (exact) mass is 910 g/mol. The maximum Gasteiger partial charge on any atom is 0.432 e. The van der Waals surface area contributed by atoms with E-state index in [1.165, 1.54) is 13.8 Å². The Balaban J connectivity index is 3.04. The zero-order chi connectivity index (χ0) is 29.8. The minimum absolute atomic E-state index is 0.000812. The molecule has 0 spiro atoms. The molecule has 214 valence electrons. The van der Waals surface area contributed by atoms with Gasteiger partial charge in [0.25, 0.3) is 12.0 Å². The topological polar surface area (TPSA) is 171 Å². The minimum Gasteiger partial charge on any atom is -0.743 e. The first kappa shape index (κ1) is 34.9. The quantitative estimate of drug-likeness (QED) is 0.105. The zero-order valence-corrected chi connectivity index (χ0v) is 26.2. The molecular formula is C18H16F5I3N3O8S-. The van der Waals surface area contributed by atoms with E-state index in [0.717, 1.165) is 0 Å². The van der Waals surface area contributed by atoms with E-state index in [2.05, 4.69) is 20.7 Å². The predicted octanol–water partition coefficient (Wildman–Crippen LogP) is 3.54. The molecule has 0 radical (unpaired) electrons. The maximum absolute atomic E-state index is 13.5. The zero-order valence-electron chi connectivity index (χ0n) is 18.9. The van der Waals surface area contributed by atoms with Gasteiger partial charge in [-0.25, -0.2) is 8.42 Å². The molecule has 11 nitrogen and oxygen atoms in total. The predicted molar refractivity (Wildman–Crippen MR) is 145 cm³/mol. The van der Waals surface area contributed by atoms with Crippen LogP contribution >= 0.6 is 67.8 Å². The number of carbonyl (C=O) groups excluding carboxylic acids is 4. The van der Waals surface area contributed by atoms with Crippen molar-refractivity contribution >= 4 is 113 Å². The number of rotatable bonds is 10. The molecule has 1 aromatic rings. The second-order valence-corrected chi connectivity index (χ2v) is 11.9. The van der Waals surface area contributed by atoms with Crippen molar-refractivity contribution < 1.29 is 58.8 Å². The summed E-state index contributed by atoms with van der Waals surface area (Å²) in [5.74, 6) is -3.63. The van der Waals surface area contributed by atoms with Crippen molar-refractivity contribution in [3.05, 3.63) is 16.3 Å². The van der Waals surface area contributed by atoms with Gasteiger partial charge >= 0.3 is 17.4 Å². The molecule has 0 aromatic heterocycles. The number of esters is 1. The lowest BCUT2D eigenvalue weighted by Gasteiger charge is -2.29. The van der Waals surface area contributed by atoms with Gasteiger partial charge in [-0.2, -0.15) is 22.0 Å². The summed E-state index contributed by atoms with van der Waals surface area (Å²) in [7, 11) is -6.82. The Labute approximate surface area is 252 Å². The Morgan fingerprint density at radius 1 is 0.921 bits per heavy atom. The Bertz CT molecular complexity index is 1200. The average molecular weight is 910 g/mol. The van der Waals surface area contributed by atoms with Gasteiger partial charge in [-0.1, -0.05) is 0 Å². The third-order valence-electron chi connectivity index (χ3n) is 4.17. The first-order valence-electron chi connectivity index (χ1n) is 9.76. The van der Waals surface area contributed by atoms with Crippen molar-refractivity contribution in [2.75, 3.05) is 17.2 Å². The first-order chi connectivity index (χ1) is 17.1. The van der Waals surface area contributed by atoms with E-state index in [1.807, 2.05) is 22.6 Å². The molecule has 38 heavy (non-hydrogen) atoms. The van der Waals surface area contributed by atoms with E-state index in [-0.39, 0.29) is 30.6 Å². The highest BCUT2D eigenvalue weighted by Gasteiger charge is 2.62. The SMILES string of the molecule is CC(=O)Nc1c(I)c(NC(C)=O)c(I)c(C(=O)NCCCC(=O)OC(C(F)(F)F)C(F)(F)S(=O)(=O)[O-])c1I. The summed E-state index contributed by atoms with van der Waals surface area (Å²) < 4.78 is 102. The van der Waals surface area contributed by atoms with E-state index >= 15 is 0 Å². The number of ether oxygens (including phenoxy) is 1. The van der Waals surface area contributed by atoms with Crippen LogP contribution in [0.25, 0.3) is 0 Å².